The highest BCUT2D eigenvalue weighted by Gasteiger charge is 2.16. The average Bonchev–Trinajstić information content (AvgIpc) is 3.25. The van der Waals surface area contributed by atoms with Crippen LogP contribution in [0.1, 0.15) is 15.9 Å². The number of benzene rings is 2. The Hall–Kier alpha value is -3.35. The van der Waals surface area contributed by atoms with E-state index in [0.29, 0.717) is 29.4 Å². The number of anilines is 1. The number of hydrogen-bond donors (Lipinski definition) is 1. The Bertz CT molecular complexity index is 922. The average molecular weight is 339 g/mol. The molecule has 25 heavy (non-hydrogen) atoms. The second kappa shape index (κ2) is 6.27. The highest BCUT2D eigenvalue weighted by molar-refractivity contribution is 6.04. The number of nitrogens with zero attached hydrogens (tertiary/aromatic N) is 2. The Kier molecular flexibility index (Phi) is 3.81. The van der Waals surface area contributed by atoms with Crippen LogP contribution in [0, 0.1) is 5.82 Å². The molecule has 1 aliphatic heterocycles. The summed E-state index contributed by atoms with van der Waals surface area (Å²) in [6.45, 7) is 0.647. The van der Waals surface area contributed by atoms with Gasteiger partial charge in [-0.25, -0.2) is 4.39 Å². The fourth-order valence-corrected chi connectivity index (χ4v) is 2.52. The number of amides is 1. The van der Waals surface area contributed by atoms with Gasteiger partial charge in [0.15, 0.2) is 17.3 Å². The van der Waals surface area contributed by atoms with Crippen LogP contribution >= 0.6 is 0 Å². The van der Waals surface area contributed by atoms with Crippen molar-refractivity contribution >= 4 is 11.7 Å². The van der Waals surface area contributed by atoms with Crippen LogP contribution in [0.15, 0.2) is 54.7 Å². The fourth-order valence-electron chi connectivity index (χ4n) is 2.52. The molecule has 0 unspecified atom stereocenters. The third-order valence-electron chi connectivity index (χ3n) is 3.77. The fraction of sp³-hybridized carbons (Fsp3) is 0.111. The number of carbonyl (C=O) groups excluding carboxylic acids is 1. The molecule has 126 valence electrons. The summed E-state index contributed by atoms with van der Waals surface area (Å²) in [5.41, 5.74) is 1.37. The molecule has 0 aliphatic carbocycles. The second-order valence-electron chi connectivity index (χ2n) is 5.55. The maximum Gasteiger partial charge on any atom is 0.257 e. The van der Waals surface area contributed by atoms with Crippen molar-refractivity contribution in [2.24, 2.45) is 0 Å². The molecule has 6 nitrogen and oxygen atoms in total. The predicted molar refractivity (Wildman–Crippen MR) is 88.2 cm³/mol. The summed E-state index contributed by atoms with van der Waals surface area (Å²) >= 11 is 0. The molecule has 4 rings (SSSR count). The summed E-state index contributed by atoms with van der Waals surface area (Å²) < 4.78 is 25.1. The second-order valence-corrected chi connectivity index (χ2v) is 5.55. The molecule has 1 N–H and O–H groups in total. The molecule has 1 aliphatic rings. The molecule has 2 heterocycles. The van der Waals surface area contributed by atoms with Gasteiger partial charge in [0, 0.05) is 17.8 Å². The van der Waals surface area contributed by atoms with Gasteiger partial charge >= 0.3 is 0 Å². The van der Waals surface area contributed by atoms with Gasteiger partial charge in [-0.15, -0.1) is 0 Å². The van der Waals surface area contributed by atoms with Crippen molar-refractivity contribution in [3.05, 3.63) is 71.7 Å². The number of rotatable bonds is 4. The Morgan fingerprint density at radius 2 is 1.92 bits per heavy atom. The van der Waals surface area contributed by atoms with Crippen LogP contribution in [-0.2, 0) is 6.54 Å². The number of aromatic nitrogens is 2. The van der Waals surface area contributed by atoms with Gasteiger partial charge in [0.25, 0.3) is 5.91 Å². The minimum absolute atomic E-state index is 0.161. The first-order valence-electron chi connectivity index (χ1n) is 7.66. The van der Waals surface area contributed by atoms with Gasteiger partial charge in [-0.2, -0.15) is 5.10 Å². The van der Waals surface area contributed by atoms with E-state index in [4.69, 9.17) is 9.47 Å². The van der Waals surface area contributed by atoms with E-state index in [0.717, 1.165) is 5.56 Å². The van der Waals surface area contributed by atoms with Crippen LogP contribution < -0.4 is 14.8 Å². The zero-order valence-electron chi connectivity index (χ0n) is 13.1. The quantitative estimate of drug-likeness (QED) is 0.793. The van der Waals surface area contributed by atoms with Gasteiger partial charge in [0.05, 0.1) is 6.54 Å². The lowest BCUT2D eigenvalue weighted by atomic mass is 10.2. The van der Waals surface area contributed by atoms with Crippen molar-refractivity contribution in [3.8, 4) is 11.5 Å². The monoisotopic (exact) mass is 339 g/mol. The van der Waals surface area contributed by atoms with E-state index in [1.54, 1.807) is 47.3 Å². The first-order valence-corrected chi connectivity index (χ1v) is 7.66. The minimum Gasteiger partial charge on any atom is -0.454 e. The third kappa shape index (κ3) is 3.30. The Morgan fingerprint density at radius 1 is 1.12 bits per heavy atom. The Labute approximate surface area is 142 Å². The number of hydrogen-bond acceptors (Lipinski definition) is 4. The van der Waals surface area contributed by atoms with Crippen LogP contribution in [0.5, 0.6) is 11.5 Å². The van der Waals surface area contributed by atoms with E-state index in [2.05, 4.69) is 10.4 Å². The van der Waals surface area contributed by atoms with Crippen molar-refractivity contribution in [1.82, 2.24) is 9.78 Å². The van der Waals surface area contributed by atoms with Crippen LogP contribution in [-0.4, -0.2) is 22.5 Å². The molecule has 2 aromatic carbocycles. The zero-order valence-corrected chi connectivity index (χ0v) is 13.1. The standard InChI is InChI=1S/C18H14FN3O3/c19-14-4-1-12(2-5-14)10-22-8-7-17(21-22)20-18(23)13-3-6-15-16(9-13)25-11-24-15/h1-9H,10-11H2,(H,20,21,23). The normalized spacial score (nSPS) is 12.2. The molecular formula is C18H14FN3O3. The molecule has 7 heteroatoms. The molecule has 0 spiro atoms. The van der Waals surface area contributed by atoms with Crippen LogP contribution in [0.25, 0.3) is 0 Å². The number of carbonyl (C=O) groups is 1. The van der Waals surface area contributed by atoms with E-state index in [1.165, 1.54) is 12.1 Å². The van der Waals surface area contributed by atoms with Crippen molar-refractivity contribution in [2.45, 2.75) is 6.54 Å². The molecule has 0 saturated carbocycles. The van der Waals surface area contributed by atoms with Gasteiger partial charge in [-0.05, 0) is 35.9 Å². The molecule has 0 fully saturated rings. The SMILES string of the molecule is O=C(Nc1ccn(Cc2ccc(F)cc2)n1)c1ccc2c(c1)OCO2. The Morgan fingerprint density at radius 3 is 2.76 bits per heavy atom. The van der Waals surface area contributed by atoms with E-state index < -0.39 is 0 Å². The molecule has 1 aromatic heterocycles. The van der Waals surface area contributed by atoms with Crippen LogP contribution in [0.4, 0.5) is 10.2 Å². The summed E-state index contributed by atoms with van der Waals surface area (Å²) in [6, 6.07) is 12.9. The minimum atomic E-state index is -0.287. The first-order chi connectivity index (χ1) is 12.2. The maximum absolute atomic E-state index is 12.9. The number of ether oxygens (including phenoxy) is 2. The number of nitrogens with one attached hydrogen (secondary N) is 1. The van der Waals surface area contributed by atoms with Crippen molar-refractivity contribution in [3.63, 3.8) is 0 Å². The van der Waals surface area contributed by atoms with Crippen molar-refractivity contribution in [2.75, 3.05) is 12.1 Å². The Balaban J connectivity index is 1.43. The van der Waals surface area contributed by atoms with Crippen molar-refractivity contribution < 1.29 is 18.7 Å². The maximum atomic E-state index is 12.9. The van der Waals surface area contributed by atoms with Crippen molar-refractivity contribution in [1.29, 1.82) is 0 Å². The lowest BCUT2D eigenvalue weighted by Gasteiger charge is -2.04. The van der Waals surface area contributed by atoms with Gasteiger partial charge in [0.2, 0.25) is 6.79 Å². The summed E-state index contributed by atoms with van der Waals surface area (Å²) in [4.78, 5) is 12.3. The molecule has 0 saturated heterocycles. The molecule has 3 aromatic rings. The van der Waals surface area contributed by atoms with E-state index in [9.17, 15) is 9.18 Å². The summed E-state index contributed by atoms with van der Waals surface area (Å²) in [5, 5.41) is 7.04. The smallest absolute Gasteiger partial charge is 0.257 e. The highest BCUT2D eigenvalue weighted by Crippen LogP contribution is 2.32. The number of fused-ring (bicyclic) bond motifs is 1. The molecular weight excluding hydrogens is 325 g/mol. The lowest BCUT2D eigenvalue weighted by Crippen LogP contribution is -2.12. The van der Waals surface area contributed by atoms with Crippen LogP contribution in [0.2, 0.25) is 0 Å². The van der Waals surface area contributed by atoms with E-state index >= 15 is 0 Å². The largest absolute Gasteiger partial charge is 0.454 e. The highest BCUT2D eigenvalue weighted by atomic mass is 19.1. The molecule has 0 radical (unpaired) electrons. The summed E-state index contributed by atoms with van der Waals surface area (Å²) in [6.07, 6.45) is 1.75. The molecule has 0 bridgehead atoms. The van der Waals surface area contributed by atoms with E-state index in [1.807, 2.05) is 0 Å². The lowest BCUT2D eigenvalue weighted by molar-refractivity contribution is 0.102. The van der Waals surface area contributed by atoms with Gasteiger partial charge in [0.1, 0.15) is 5.82 Å². The number of halogens is 1. The van der Waals surface area contributed by atoms with Gasteiger partial charge in [-0.3, -0.25) is 9.48 Å². The predicted octanol–water partition coefficient (Wildman–Crippen LogP) is 3.05. The molecule has 0 atom stereocenters. The summed E-state index contributed by atoms with van der Waals surface area (Å²) in [7, 11) is 0. The van der Waals surface area contributed by atoms with Gasteiger partial charge in [-0.1, -0.05) is 12.1 Å². The summed E-state index contributed by atoms with van der Waals surface area (Å²) in [5.74, 6) is 1.05. The van der Waals surface area contributed by atoms with Gasteiger partial charge < -0.3 is 14.8 Å². The first kappa shape index (κ1) is 15.2. The van der Waals surface area contributed by atoms with E-state index in [-0.39, 0.29) is 18.5 Å². The third-order valence-corrected chi connectivity index (χ3v) is 3.77. The topological polar surface area (TPSA) is 65.4 Å². The zero-order chi connectivity index (χ0) is 17.2. The molecule has 1 amide bonds. The van der Waals surface area contributed by atoms with Crippen LogP contribution in [0.3, 0.4) is 0 Å².